The van der Waals surface area contributed by atoms with Gasteiger partial charge in [-0.2, -0.15) is 0 Å². The lowest BCUT2D eigenvalue weighted by atomic mass is 10.0. The molecule has 1 aromatic carbocycles. The number of piperidine rings is 1. The Kier molecular flexibility index (Phi) is 4.86. The smallest absolute Gasteiger partial charge is 0.134 e. The minimum absolute atomic E-state index is 0.0512. The van der Waals surface area contributed by atoms with Crippen LogP contribution in [0, 0.1) is 6.92 Å². The van der Waals surface area contributed by atoms with Gasteiger partial charge in [-0.1, -0.05) is 23.4 Å². The monoisotopic (exact) mass is 352 g/mol. The molecule has 0 atom stereocenters. The predicted molar refractivity (Wildman–Crippen MR) is 98.4 cm³/mol. The van der Waals surface area contributed by atoms with Crippen LogP contribution < -0.4 is 0 Å². The Bertz CT molecular complexity index is 862. The minimum Gasteiger partial charge on any atom is -0.461 e. The molecule has 1 aliphatic heterocycles. The number of aryl methyl sites for hydroxylation is 1. The number of aliphatic hydroxyl groups is 1. The van der Waals surface area contributed by atoms with Crippen LogP contribution in [-0.2, 0) is 13.2 Å². The molecular formula is C20H24N4O2. The van der Waals surface area contributed by atoms with Crippen LogP contribution in [0.3, 0.4) is 0 Å². The summed E-state index contributed by atoms with van der Waals surface area (Å²) in [5, 5.41) is 17.3. The highest BCUT2D eigenvalue weighted by atomic mass is 16.3. The number of rotatable bonds is 5. The summed E-state index contributed by atoms with van der Waals surface area (Å²) in [5.41, 5.74) is 3.07. The lowest BCUT2D eigenvalue weighted by Gasteiger charge is -2.31. The van der Waals surface area contributed by atoms with E-state index in [-0.39, 0.29) is 6.61 Å². The fraction of sp³-hybridized carbons (Fsp3) is 0.400. The van der Waals surface area contributed by atoms with Crippen molar-refractivity contribution >= 4 is 0 Å². The number of hydrogen-bond donors (Lipinski definition) is 1. The topological polar surface area (TPSA) is 67.3 Å². The van der Waals surface area contributed by atoms with Gasteiger partial charge in [0.25, 0.3) is 0 Å². The van der Waals surface area contributed by atoms with E-state index >= 15 is 0 Å². The zero-order chi connectivity index (χ0) is 17.9. The van der Waals surface area contributed by atoms with Crippen molar-refractivity contribution in [3.63, 3.8) is 0 Å². The first-order valence-electron chi connectivity index (χ1n) is 9.11. The van der Waals surface area contributed by atoms with Crippen LogP contribution in [0.2, 0.25) is 0 Å². The molecule has 136 valence electrons. The molecule has 0 unspecified atom stereocenters. The molecule has 0 bridgehead atoms. The van der Waals surface area contributed by atoms with Crippen LogP contribution in [-0.4, -0.2) is 38.1 Å². The summed E-state index contributed by atoms with van der Waals surface area (Å²) < 4.78 is 7.65. The maximum atomic E-state index is 9.13. The van der Waals surface area contributed by atoms with Gasteiger partial charge in [-0.25, -0.2) is 4.68 Å². The van der Waals surface area contributed by atoms with Crippen molar-refractivity contribution in [1.82, 2.24) is 19.9 Å². The normalized spacial score (nSPS) is 16.2. The van der Waals surface area contributed by atoms with Crippen molar-refractivity contribution in [2.45, 2.75) is 39.0 Å². The average Bonchev–Trinajstić information content (AvgIpc) is 3.32. The van der Waals surface area contributed by atoms with Crippen LogP contribution in [0.15, 0.2) is 47.0 Å². The van der Waals surface area contributed by atoms with E-state index in [0.29, 0.717) is 11.7 Å². The van der Waals surface area contributed by atoms with Gasteiger partial charge in [-0.15, -0.1) is 5.10 Å². The zero-order valence-corrected chi connectivity index (χ0v) is 15.0. The third-order valence-corrected chi connectivity index (χ3v) is 5.01. The van der Waals surface area contributed by atoms with Crippen LogP contribution >= 0.6 is 0 Å². The Morgan fingerprint density at radius 1 is 1.19 bits per heavy atom. The molecule has 26 heavy (non-hydrogen) atoms. The van der Waals surface area contributed by atoms with Crippen molar-refractivity contribution in [2.24, 2.45) is 0 Å². The van der Waals surface area contributed by atoms with Crippen molar-refractivity contribution in [3.8, 4) is 11.3 Å². The zero-order valence-electron chi connectivity index (χ0n) is 15.0. The number of likely N-dealkylation sites (tertiary alicyclic amines) is 1. The summed E-state index contributed by atoms with van der Waals surface area (Å²) in [5.74, 6) is 1.86. The van der Waals surface area contributed by atoms with Gasteiger partial charge in [0.05, 0.1) is 18.8 Å². The van der Waals surface area contributed by atoms with Crippen LogP contribution in [0.1, 0.15) is 35.9 Å². The van der Waals surface area contributed by atoms with Gasteiger partial charge in [0.15, 0.2) is 0 Å². The van der Waals surface area contributed by atoms with E-state index < -0.39 is 0 Å². The average molecular weight is 352 g/mol. The molecule has 4 rings (SSSR count). The summed E-state index contributed by atoms with van der Waals surface area (Å²) in [6.07, 6.45) is 3.95. The van der Waals surface area contributed by atoms with Gasteiger partial charge in [-0.3, -0.25) is 4.90 Å². The molecule has 0 amide bonds. The second kappa shape index (κ2) is 7.43. The van der Waals surface area contributed by atoms with Gasteiger partial charge in [0.2, 0.25) is 0 Å². The maximum absolute atomic E-state index is 9.13. The molecule has 2 aromatic heterocycles. The summed E-state index contributed by atoms with van der Waals surface area (Å²) in [6.45, 7) is 4.92. The Balaban J connectivity index is 1.37. The first kappa shape index (κ1) is 17.0. The fourth-order valence-corrected chi connectivity index (χ4v) is 3.58. The van der Waals surface area contributed by atoms with E-state index in [1.165, 1.54) is 5.56 Å². The van der Waals surface area contributed by atoms with E-state index in [0.717, 1.165) is 49.6 Å². The Morgan fingerprint density at radius 3 is 2.73 bits per heavy atom. The molecule has 1 aliphatic rings. The fourth-order valence-electron chi connectivity index (χ4n) is 3.58. The minimum atomic E-state index is -0.0512. The largest absolute Gasteiger partial charge is 0.461 e. The summed E-state index contributed by atoms with van der Waals surface area (Å²) >= 11 is 0. The summed E-state index contributed by atoms with van der Waals surface area (Å²) in [4.78, 5) is 2.48. The number of benzene rings is 1. The summed E-state index contributed by atoms with van der Waals surface area (Å²) in [6, 6.07) is 13.0. The lowest BCUT2D eigenvalue weighted by molar-refractivity contribution is 0.172. The second-order valence-corrected chi connectivity index (χ2v) is 6.97. The molecule has 0 saturated carbocycles. The van der Waals surface area contributed by atoms with Crippen molar-refractivity contribution in [2.75, 3.05) is 13.1 Å². The van der Waals surface area contributed by atoms with Crippen LogP contribution in [0.4, 0.5) is 0 Å². The molecule has 1 saturated heterocycles. The summed E-state index contributed by atoms with van der Waals surface area (Å²) in [7, 11) is 0. The van der Waals surface area contributed by atoms with E-state index in [9.17, 15) is 0 Å². The maximum Gasteiger partial charge on any atom is 0.134 e. The molecule has 0 aliphatic carbocycles. The molecule has 1 N–H and O–H groups in total. The standard InChI is InChI=1S/C20H24N4O2/c1-15-5-6-20(26-15)17-4-2-3-16(11-17)12-23-9-7-19(8-10-23)24-13-18(14-25)21-22-24/h2-6,11,13,19,25H,7-10,12,14H2,1H3. The SMILES string of the molecule is Cc1ccc(-c2cccc(CN3CCC(n4cc(CO)nn4)CC3)c2)o1. The molecule has 1 fully saturated rings. The van der Waals surface area contributed by atoms with Crippen LogP contribution in [0.5, 0.6) is 0 Å². The second-order valence-electron chi connectivity index (χ2n) is 6.97. The first-order valence-corrected chi connectivity index (χ1v) is 9.11. The number of aliphatic hydroxyl groups excluding tert-OH is 1. The molecular weight excluding hydrogens is 328 g/mol. The quantitative estimate of drug-likeness (QED) is 0.764. The van der Waals surface area contributed by atoms with Crippen molar-refractivity contribution < 1.29 is 9.52 Å². The number of aromatic nitrogens is 3. The van der Waals surface area contributed by atoms with E-state index in [1.54, 1.807) is 0 Å². The highest BCUT2D eigenvalue weighted by molar-refractivity contribution is 5.58. The van der Waals surface area contributed by atoms with Crippen LogP contribution in [0.25, 0.3) is 11.3 Å². The van der Waals surface area contributed by atoms with Gasteiger partial charge in [0, 0.05) is 25.2 Å². The van der Waals surface area contributed by atoms with Gasteiger partial charge in [-0.05, 0) is 43.5 Å². The number of hydrogen-bond acceptors (Lipinski definition) is 5. The molecule has 0 spiro atoms. The lowest BCUT2D eigenvalue weighted by Crippen LogP contribution is -2.34. The molecule has 6 heteroatoms. The van der Waals surface area contributed by atoms with Gasteiger partial charge >= 0.3 is 0 Å². The van der Waals surface area contributed by atoms with Crippen molar-refractivity contribution in [3.05, 3.63) is 59.6 Å². The molecule has 6 nitrogen and oxygen atoms in total. The number of furan rings is 1. The van der Waals surface area contributed by atoms with Gasteiger partial charge < -0.3 is 9.52 Å². The Hall–Kier alpha value is -2.44. The Labute approximate surface area is 153 Å². The van der Waals surface area contributed by atoms with E-state index in [4.69, 9.17) is 9.52 Å². The number of nitrogens with zero attached hydrogens (tertiary/aromatic N) is 4. The highest BCUT2D eigenvalue weighted by Gasteiger charge is 2.21. The first-order chi connectivity index (χ1) is 12.7. The molecule has 0 radical (unpaired) electrons. The molecule has 3 heterocycles. The Morgan fingerprint density at radius 2 is 2.04 bits per heavy atom. The third kappa shape index (κ3) is 3.71. The third-order valence-electron chi connectivity index (χ3n) is 5.01. The van der Waals surface area contributed by atoms with E-state index in [1.807, 2.05) is 29.9 Å². The van der Waals surface area contributed by atoms with E-state index in [2.05, 4.69) is 39.5 Å². The highest BCUT2D eigenvalue weighted by Crippen LogP contribution is 2.26. The van der Waals surface area contributed by atoms with Gasteiger partial charge in [0.1, 0.15) is 17.2 Å². The predicted octanol–water partition coefficient (Wildman–Crippen LogP) is 3.18. The van der Waals surface area contributed by atoms with Crippen molar-refractivity contribution in [1.29, 1.82) is 0 Å². The molecule has 3 aromatic rings.